The van der Waals surface area contributed by atoms with Gasteiger partial charge in [-0.25, -0.2) is 0 Å². The van der Waals surface area contributed by atoms with Crippen LogP contribution in [-0.2, 0) is 4.79 Å². The maximum Gasteiger partial charge on any atom is 0.220 e. The van der Waals surface area contributed by atoms with Crippen molar-refractivity contribution in [2.75, 3.05) is 13.1 Å². The maximum atomic E-state index is 11.1. The average Bonchev–Trinajstić information content (AvgIpc) is 2.10. The summed E-state index contributed by atoms with van der Waals surface area (Å²) in [6, 6.07) is 0. The van der Waals surface area contributed by atoms with Gasteiger partial charge in [-0.1, -0.05) is 19.4 Å². The summed E-state index contributed by atoms with van der Waals surface area (Å²) in [6.07, 6.45) is 3.15. The van der Waals surface area contributed by atoms with Gasteiger partial charge in [0.05, 0.1) is 0 Å². The fourth-order valence-electron chi connectivity index (χ4n) is 0.915. The normalized spacial score (nSPS) is 12.2. The Morgan fingerprint density at radius 3 is 2.83 bits per heavy atom. The van der Waals surface area contributed by atoms with Crippen LogP contribution >= 0.6 is 0 Å². The van der Waals surface area contributed by atoms with Crippen LogP contribution in [0.3, 0.4) is 0 Å². The third-order valence-corrected chi connectivity index (χ3v) is 1.83. The summed E-state index contributed by atoms with van der Waals surface area (Å²) in [5.41, 5.74) is 5.46. The number of hydrogen-bond donors (Lipinski definition) is 2. The third kappa shape index (κ3) is 4.91. The maximum absolute atomic E-state index is 11.1. The Kier molecular flexibility index (Phi) is 6.38. The lowest BCUT2D eigenvalue weighted by Gasteiger charge is -2.10. The van der Waals surface area contributed by atoms with Crippen molar-refractivity contribution in [2.45, 2.75) is 19.8 Å². The highest BCUT2D eigenvalue weighted by atomic mass is 16.1. The zero-order chi connectivity index (χ0) is 9.40. The molecule has 0 fully saturated rings. The molecular formula is C9H18N2O. The molecule has 1 unspecified atom stereocenters. The van der Waals surface area contributed by atoms with Crippen LogP contribution in [0.4, 0.5) is 0 Å². The zero-order valence-electron chi connectivity index (χ0n) is 7.68. The van der Waals surface area contributed by atoms with E-state index in [1.807, 2.05) is 6.92 Å². The fourth-order valence-corrected chi connectivity index (χ4v) is 0.915. The molecule has 1 amide bonds. The molecule has 0 heterocycles. The number of carbonyl (C=O) groups is 1. The second-order valence-corrected chi connectivity index (χ2v) is 2.81. The molecule has 1 atom stereocenters. The minimum Gasteiger partial charge on any atom is -0.353 e. The Hall–Kier alpha value is -0.830. The molecule has 3 heteroatoms. The van der Waals surface area contributed by atoms with Gasteiger partial charge >= 0.3 is 0 Å². The lowest BCUT2D eigenvalue weighted by molar-refractivity contribution is -0.121. The molecule has 0 saturated heterocycles. The first-order valence-corrected chi connectivity index (χ1v) is 4.32. The first-order valence-electron chi connectivity index (χ1n) is 4.32. The predicted molar refractivity (Wildman–Crippen MR) is 50.7 cm³/mol. The molecule has 0 saturated carbocycles. The SMILES string of the molecule is C=CCNC(=O)CC(CC)CN. The van der Waals surface area contributed by atoms with E-state index in [0.717, 1.165) is 6.42 Å². The van der Waals surface area contributed by atoms with Crippen LogP contribution in [0.15, 0.2) is 12.7 Å². The van der Waals surface area contributed by atoms with Gasteiger partial charge in [-0.2, -0.15) is 0 Å². The molecule has 3 nitrogen and oxygen atoms in total. The Labute approximate surface area is 74.0 Å². The molecule has 0 aromatic carbocycles. The van der Waals surface area contributed by atoms with Gasteiger partial charge in [0, 0.05) is 13.0 Å². The number of rotatable bonds is 6. The number of nitrogens with two attached hydrogens (primary N) is 1. The van der Waals surface area contributed by atoms with E-state index in [1.54, 1.807) is 6.08 Å². The lowest BCUT2D eigenvalue weighted by Crippen LogP contribution is -2.27. The summed E-state index contributed by atoms with van der Waals surface area (Å²) >= 11 is 0. The number of hydrogen-bond acceptors (Lipinski definition) is 2. The van der Waals surface area contributed by atoms with E-state index in [0.29, 0.717) is 25.4 Å². The third-order valence-electron chi connectivity index (χ3n) is 1.83. The van der Waals surface area contributed by atoms with E-state index in [-0.39, 0.29) is 5.91 Å². The van der Waals surface area contributed by atoms with Gasteiger partial charge in [-0.3, -0.25) is 4.79 Å². The second kappa shape index (κ2) is 6.85. The molecule has 0 rings (SSSR count). The van der Waals surface area contributed by atoms with E-state index in [4.69, 9.17) is 5.73 Å². The topological polar surface area (TPSA) is 55.1 Å². The Bertz CT molecular complexity index is 141. The molecule has 0 bridgehead atoms. The minimum atomic E-state index is 0.0622. The number of carbonyl (C=O) groups excluding carboxylic acids is 1. The van der Waals surface area contributed by atoms with Gasteiger partial charge in [-0.05, 0) is 12.5 Å². The van der Waals surface area contributed by atoms with Gasteiger partial charge in [-0.15, -0.1) is 6.58 Å². The lowest BCUT2D eigenvalue weighted by atomic mass is 10.0. The van der Waals surface area contributed by atoms with Gasteiger partial charge in [0.25, 0.3) is 0 Å². The van der Waals surface area contributed by atoms with Crippen molar-refractivity contribution in [3.05, 3.63) is 12.7 Å². The van der Waals surface area contributed by atoms with Crippen molar-refractivity contribution in [3.63, 3.8) is 0 Å². The molecule has 3 N–H and O–H groups in total. The zero-order valence-corrected chi connectivity index (χ0v) is 7.68. The van der Waals surface area contributed by atoms with Gasteiger partial charge in [0.2, 0.25) is 5.91 Å². The predicted octanol–water partition coefficient (Wildman–Crippen LogP) is 0.664. The van der Waals surface area contributed by atoms with Crippen molar-refractivity contribution in [3.8, 4) is 0 Å². The van der Waals surface area contributed by atoms with E-state index in [9.17, 15) is 4.79 Å². The van der Waals surface area contributed by atoms with Crippen molar-refractivity contribution >= 4 is 5.91 Å². The first-order chi connectivity index (χ1) is 5.74. The van der Waals surface area contributed by atoms with Crippen LogP contribution in [-0.4, -0.2) is 19.0 Å². The molecule has 0 aliphatic rings. The molecule has 0 aliphatic heterocycles. The van der Waals surface area contributed by atoms with Gasteiger partial charge in [0.15, 0.2) is 0 Å². The Morgan fingerprint density at radius 2 is 2.42 bits per heavy atom. The number of amides is 1. The molecule has 0 spiro atoms. The van der Waals surface area contributed by atoms with Crippen molar-refractivity contribution < 1.29 is 4.79 Å². The van der Waals surface area contributed by atoms with E-state index >= 15 is 0 Å². The molecule has 0 radical (unpaired) electrons. The van der Waals surface area contributed by atoms with Crippen molar-refractivity contribution in [1.82, 2.24) is 5.32 Å². The summed E-state index contributed by atoms with van der Waals surface area (Å²) < 4.78 is 0. The molecule has 0 aliphatic carbocycles. The Balaban J connectivity index is 3.58. The summed E-state index contributed by atoms with van der Waals surface area (Å²) in [5.74, 6) is 0.377. The molecule has 70 valence electrons. The van der Waals surface area contributed by atoms with Crippen LogP contribution in [0.5, 0.6) is 0 Å². The molecule has 12 heavy (non-hydrogen) atoms. The highest BCUT2D eigenvalue weighted by Crippen LogP contribution is 2.04. The van der Waals surface area contributed by atoms with E-state index < -0.39 is 0 Å². The van der Waals surface area contributed by atoms with E-state index in [1.165, 1.54) is 0 Å². The van der Waals surface area contributed by atoms with Gasteiger partial charge in [0.1, 0.15) is 0 Å². The van der Waals surface area contributed by atoms with Crippen LogP contribution in [0.1, 0.15) is 19.8 Å². The second-order valence-electron chi connectivity index (χ2n) is 2.81. The average molecular weight is 170 g/mol. The smallest absolute Gasteiger partial charge is 0.220 e. The monoisotopic (exact) mass is 170 g/mol. The van der Waals surface area contributed by atoms with Crippen LogP contribution in [0.2, 0.25) is 0 Å². The van der Waals surface area contributed by atoms with Gasteiger partial charge < -0.3 is 11.1 Å². The molecular weight excluding hydrogens is 152 g/mol. The largest absolute Gasteiger partial charge is 0.353 e. The van der Waals surface area contributed by atoms with Crippen molar-refractivity contribution in [2.24, 2.45) is 11.7 Å². The highest BCUT2D eigenvalue weighted by Gasteiger charge is 2.08. The summed E-state index contributed by atoms with van der Waals surface area (Å²) in [5, 5.41) is 2.72. The van der Waals surface area contributed by atoms with Crippen LogP contribution in [0.25, 0.3) is 0 Å². The van der Waals surface area contributed by atoms with Crippen LogP contribution < -0.4 is 11.1 Å². The highest BCUT2D eigenvalue weighted by molar-refractivity contribution is 5.76. The summed E-state index contributed by atoms with van der Waals surface area (Å²) in [6.45, 7) is 6.68. The standard InChI is InChI=1S/C9H18N2O/c1-3-5-11-9(12)6-8(4-2)7-10/h3,8H,1,4-7,10H2,2H3,(H,11,12). The summed E-state index contributed by atoms with van der Waals surface area (Å²) in [7, 11) is 0. The first kappa shape index (κ1) is 11.2. The molecule has 0 aromatic heterocycles. The van der Waals surface area contributed by atoms with E-state index in [2.05, 4.69) is 11.9 Å². The minimum absolute atomic E-state index is 0.0622. The Morgan fingerprint density at radius 1 is 1.75 bits per heavy atom. The quantitative estimate of drug-likeness (QED) is 0.575. The number of nitrogens with one attached hydrogen (secondary N) is 1. The van der Waals surface area contributed by atoms with Crippen molar-refractivity contribution in [1.29, 1.82) is 0 Å². The summed E-state index contributed by atoms with van der Waals surface area (Å²) in [4.78, 5) is 11.1. The molecule has 0 aromatic rings. The fraction of sp³-hybridized carbons (Fsp3) is 0.667. The van der Waals surface area contributed by atoms with Crippen LogP contribution in [0, 0.1) is 5.92 Å².